The maximum Gasteiger partial charge on any atom is 0.234 e. The van der Waals surface area contributed by atoms with Gasteiger partial charge in [-0.15, -0.1) is 0 Å². The van der Waals surface area contributed by atoms with Crippen LogP contribution in [0.4, 0.5) is 0 Å². The van der Waals surface area contributed by atoms with Gasteiger partial charge < -0.3 is 4.74 Å². The lowest BCUT2D eigenvalue weighted by Crippen LogP contribution is -2.22. The molecule has 3 rings (SSSR count). The summed E-state index contributed by atoms with van der Waals surface area (Å²) >= 11 is 0. The molecule has 3 heteroatoms. The van der Waals surface area contributed by atoms with Crippen LogP contribution in [0.25, 0.3) is 5.76 Å². The van der Waals surface area contributed by atoms with E-state index >= 15 is 0 Å². The summed E-state index contributed by atoms with van der Waals surface area (Å²) in [4.78, 5) is 24.6. The van der Waals surface area contributed by atoms with E-state index in [1.165, 1.54) is 44.9 Å². The molecule has 0 spiro atoms. The van der Waals surface area contributed by atoms with E-state index in [1.54, 1.807) is 12.1 Å². The third-order valence-corrected chi connectivity index (χ3v) is 5.27. The Morgan fingerprint density at radius 1 is 0.880 bits per heavy atom. The molecule has 0 amide bonds. The SMILES string of the molecule is CCCCCCCCCCC1CC2=C(O1)c1ccccc1C(=O)C2=O. The predicted octanol–water partition coefficient (Wildman–Crippen LogP) is 5.48. The summed E-state index contributed by atoms with van der Waals surface area (Å²) in [6, 6.07) is 7.28. The molecule has 1 heterocycles. The van der Waals surface area contributed by atoms with Crippen molar-refractivity contribution >= 4 is 17.3 Å². The average Bonchev–Trinajstić information content (AvgIpc) is 3.06. The van der Waals surface area contributed by atoms with Gasteiger partial charge in [0.1, 0.15) is 11.9 Å². The van der Waals surface area contributed by atoms with Gasteiger partial charge in [-0.25, -0.2) is 0 Å². The third kappa shape index (κ3) is 4.02. The van der Waals surface area contributed by atoms with Crippen LogP contribution in [0.3, 0.4) is 0 Å². The number of rotatable bonds is 9. The van der Waals surface area contributed by atoms with E-state index in [1.807, 2.05) is 12.1 Å². The number of hydrogen-bond acceptors (Lipinski definition) is 3. The van der Waals surface area contributed by atoms with Gasteiger partial charge in [0.15, 0.2) is 0 Å². The molecule has 3 nitrogen and oxygen atoms in total. The lowest BCUT2D eigenvalue weighted by molar-refractivity contribution is -0.112. The zero-order chi connectivity index (χ0) is 17.6. The molecule has 0 saturated carbocycles. The zero-order valence-electron chi connectivity index (χ0n) is 15.2. The number of carbonyl (C=O) groups is 2. The van der Waals surface area contributed by atoms with Crippen LogP contribution in [0, 0.1) is 0 Å². The Kier molecular flexibility index (Phi) is 6.06. The number of ketones is 2. The minimum absolute atomic E-state index is 0.0491. The Morgan fingerprint density at radius 2 is 1.52 bits per heavy atom. The lowest BCUT2D eigenvalue weighted by Gasteiger charge is -2.16. The summed E-state index contributed by atoms with van der Waals surface area (Å²) in [7, 11) is 0. The number of benzene rings is 1. The summed E-state index contributed by atoms with van der Waals surface area (Å²) in [6.07, 6.45) is 11.9. The van der Waals surface area contributed by atoms with Gasteiger partial charge >= 0.3 is 0 Å². The lowest BCUT2D eigenvalue weighted by atomic mass is 9.87. The Morgan fingerprint density at radius 3 is 2.24 bits per heavy atom. The maximum absolute atomic E-state index is 12.3. The molecular formula is C22H28O3. The van der Waals surface area contributed by atoms with Crippen molar-refractivity contribution in [1.29, 1.82) is 0 Å². The quantitative estimate of drug-likeness (QED) is 0.441. The third-order valence-electron chi connectivity index (χ3n) is 5.27. The Bertz CT molecular complexity index is 672. The molecule has 25 heavy (non-hydrogen) atoms. The molecule has 1 unspecified atom stereocenters. The van der Waals surface area contributed by atoms with Gasteiger partial charge in [0.25, 0.3) is 0 Å². The number of Topliss-reactive ketones (excluding diaryl/α,β-unsaturated/α-hetero) is 2. The molecule has 1 aliphatic heterocycles. The standard InChI is InChI=1S/C22H28O3/c1-2-3-4-5-6-7-8-9-12-16-15-19-21(24)20(23)17-13-10-11-14-18(17)22(19)25-16/h10-11,13-14,16H,2-9,12,15H2,1H3. The predicted molar refractivity (Wildman–Crippen MR) is 99.4 cm³/mol. The molecule has 2 aliphatic rings. The van der Waals surface area contributed by atoms with Gasteiger partial charge in [-0.05, 0) is 12.8 Å². The van der Waals surface area contributed by atoms with Crippen LogP contribution in [0.1, 0.15) is 87.1 Å². The van der Waals surface area contributed by atoms with Crippen molar-refractivity contribution in [3.05, 3.63) is 41.0 Å². The van der Waals surface area contributed by atoms with Crippen LogP contribution in [-0.4, -0.2) is 17.7 Å². The van der Waals surface area contributed by atoms with Crippen molar-refractivity contribution < 1.29 is 14.3 Å². The molecule has 134 valence electrons. The van der Waals surface area contributed by atoms with Crippen molar-refractivity contribution in [1.82, 2.24) is 0 Å². The van der Waals surface area contributed by atoms with Gasteiger partial charge in [0, 0.05) is 23.1 Å². The summed E-state index contributed by atoms with van der Waals surface area (Å²) < 4.78 is 6.08. The fraction of sp³-hybridized carbons (Fsp3) is 0.545. The van der Waals surface area contributed by atoms with E-state index in [4.69, 9.17) is 4.74 Å². The first-order valence-corrected chi connectivity index (χ1v) is 9.80. The zero-order valence-corrected chi connectivity index (χ0v) is 15.2. The van der Waals surface area contributed by atoms with E-state index < -0.39 is 0 Å². The molecule has 0 bridgehead atoms. The van der Waals surface area contributed by atoms with E-state index in [0.717, 1.165) is 18.4 Å². The number of carbonyl (C=O) groups excluding carboxylic acids is 2. The summed E-state index contributed by atoms with van der Waals surface area (Å²) in [5.74, 6) is -0.0948. The number of unbranched alkanes of at least 4 members (excludes halogenated alkanes) is 7. The van der Waals surface area contributed by atoms with E-state index in [0.29, 0.717) is 23.3 Å². The van der Waals surface area contributed by atoms with Crippen molar-refractivity contribution in [2.24, 2.45) is 0 Å². The van der Waals surface area contributed by atoms with Gasteiger partial charge in [0.2, 0.25) is 11.6 Å². The normalized spacial score (nSPS) is 19.0. The van der Waals surface area contributed by atoms with E-state index in [-0.39, 0.29) is 17.7 Å². The number of fused-ring (bicyclic) bond motifs is 2. The fourth-order valence-electron chi connectivity index (χ4n) is 3.83. The average molecular weight is 340 g/mol. The van der Waals surface area contributed by atoms with Gasteiger partial charge in [-0.1, -0.05) is 76.1 Å². The van der Waals surface area contributed by atoms with Crippen LogP contribution < -0.4 is 0 Å². The molecule has 0 aromatic heterocycles. The van der Waals surface area contributed by atoms with Crippen molar-refractivity contribution in [3.63, 3.8) is 0 Å². The molecule has 1 aromatic carbocycles. The first kappa shape index (κ1) is 17.9. The summed E-state index contributed by atoms with van der Waals surface area (Å²) in [5, 5.41) is 0. The van der Waals surface area contributed by atoms with Crippen molar-refractivity contribution in [2.75, 3.05) is 0 Å². The van der Waals surface area contributed by atoms with Crippen LogP contribution in [0.5, 0.6) is 0 Å². The Labute approximate surface area is 150 Å². The highest BCUT2D eigenvalue weighted by molar-refractivity contribution is 6.52. The van der Waals surface area contributed by atoms with Crippen LogP contribution in [-0.2, 0) is 9.53 Å². The first-order valence-electron chi connectivity index (χ1n) is 9.80. The smallest absolute Gasteiger partial charge is 0.234 e. The molecule has 1 aliphatic carbocycles. The molecule has 1 atom stereocenters. The topological polar surface area (TPSA) is 43.4 Å². The van der Waals surface area contributed by atoms with Crippen molar-refractivity contribution in [2.45, 2.75) is 77.2 Å². The van der Waals surface area contributed by atoms with E-state index in [2.05, 4.69) is 6.92 Å². The van der Waals surface area contributed by atoms with Crippen molar-refractivity contribution in [3.8, 4) is 0 Å². The summed E-state index contributed by atoms with van der Waals surface area (Å²) in [6.45, 7) is 2.24. The highest BCUT2D eigenvalue weighted by Crippen LogP contribution is 2.40. The monoisotopic (exact) mass is 340 g/mol. The maximum atomic E-state index is 12.3. The molecule has 0 saturated heterocycles. The Balaban J connectivity index is 1.47. The van der Waals surface area contributed by atoms with Crippen LogP contribution >= 0.6 is 0 Å². The minimum Gasteiger partial charge on any atom is -0.489 e. The number of ether oxygens (including phenoxy) is 1. The number of hydrogen-bond donors (Lipinski definition) is 0. The Hall–Kier alpha value is -1.90. The van der Waals surface area contributed by atoms with Gasteiger partial charge in [-0.3, -0.25) is 9.59 Å². The van der Waals surface area contributed by atoms with Gasteiger partial charge in [0.05, 0.1) is 0 Å². The minimum atomic E-state index is -0.384. The molecule has 0 radical (unpaired) electrons. The van der Waals surface area contributed by atoms with E-state index in [9.17, 15) is 9.59 Å². The second-order valence-corrected chi connectivity index (χ2v) is 7.22. The van der Waals surface area contributed by atoms with Gasteiger partial charge in [-0.2, -0.15) is 0 Å². The highest BCUT2D eigenvalue weighted by Gasteiger charge is 2.39. The van der Waals surface area contributed by atoms with Crippen LogP contribution in [0.2, 0.25) is 0 Å². The fourth-order valence-corrected chi connectivity index (χ4v) is 3.83. The second kappa shape index (κ2) is 8.46. The molecule has 0 fully saturated rings. The summed E-state index contributed by atoms with van der Waals surface area (Å²) in [5.41, 5.74) is 1.87. The first-order chi connectivity index (χ1) is 12.2. The largest absolute Gasteiger partial charge is 0.489 e. The second-order valence-electron chi connectivity index (χ2n) is 7.22. The molecule has 1 aromatic rings. The highest BCUT2D eigenvalue weighted by atomic mass is 16.5. The van der Waals surface area contributed by atoms with Crippen LogP contribution in [0.15, 0.2) is 29.8 Å². The molecule has 0 N–H and O–H groups in total. The molecular weight excluding hydrogens is 312 g/mol.